The predicted molar refractivity (Wildman–Crippen MR) is 62.4 cm³/mol. The molecule has 1 aromatic heterocycles. The summed E-state index contributed by atoms with van der Waals surface area (Å²) in [6.07, 6.45) is -2.52. The molecular formula is C11H15ClF3N3. The van der Waals surface area contributed by atoms with Crippen molar-refractivity contribution in [2.75, 3.05) is 6.54 Å². The molecule has 0 aromatic carbocycles. The Morgan fingerprint density at radius 1 is 1.44 bits per heavy atom. The lowest BCUT2D eigenvalue weighted by Crippen LogP contribution is -2.35. The van der Waals surface area contributed by atoms with E-state index in [-0.39, 0.29) is 12.6 Å². The van der Waals surface area contributed by atoms with Gasteiger partial charge in [0.1, 0.15) is 5.15 Å². The van der Waals surface area contributed by atoms with Crippen LogP contribution in [0.5, 0.6) is 0 Å². The summed E-state index contributed by atoms with van der Waals surface area (Å²) in [7, 11) is 1.68. The van der Waals surface area contributed by atoms with Gasteiger partial charge in [-0.2, -0.15) is 18.3 Å². The van der Waals surface area contributed by atoms with E-state index in [9.17, 15) is 13.2 Å². The Balaban J connectivity index is 2.13. The summed E-state index contributed by atoms with van der Waals surface area (Å²) in [5.74, 6) is 0. The molecule has 18 heavy (non-hydrogen) atoms. The van der Waals surface area contributed by atoms with Crippen LogP contribution < -0.4 is 0 Å². The highest BCUT2D eigenvalue weighted by molar-refractivity contribution is 6.30. The largest absolute Gasteiger partial charge is 0.401 e. The van der Waals surface area contributed by atoms with Gasteiger partial charge in [0.05, 0.1) is 12.2 Å². The van der Waals surface area contributed by atoms with Gasteiger partial charge < -0.3 is 0 Å². The summed E-state index contributed by atoms with van der Waals surface area (Å²) < 4.78 is 39.0. The van der Waals surface area contributed by atoms with Gasteiger partial charge in [-0.1, -0.05) is 11.6 Å². The number of aryl methyl sites for hydroxylation is 2. The molecule has 1 aliphatic carbocycles. The molecular weight excluding hydrogens is 267 g/mol. The summed E-state index contributed by atoms with van der Waals surface area (Å²) in [6.45, 7) is 1.09. The van der Waals surface area contributed by atoms with E-state index < -0.39 is 12.7 Å². The highest BCUT2D eigenvalue weighted by Gasteiger charge is 2.38. The lowest BCUT2D eigenvalue weighted by atomic mass is 10.2. The molecule has 0 spiro atoms. The van der Waals surface area contributed by atoms with Crippen LogP contribution in [0.1, 0.15) is 24.1 Å². The molecule has 7 heteroatoms. The molecule has 102 valence electrons. The van der Waals surface area contributed by atoms with Crippen molar-refractivity contribution >= 4 is 11.6 Å². The van der Waals surface area contributed by atoms with Gasteiger partial charge in [0.2, 0.25) is 0 Å². The summed E-state index contributed by atoms with van der Waals surface area (Å²) >= 11 is 6.05. The number of alkyl halides is 3. The van der Waals surface area contributed by atoms with E-state index in [2.05, 4.69) is 5.10 Å². The third-order valence-electron chi connectivity index (χ3n) is 3.08. The topological polar surface area (TPSA) is 21.1 Å². The second-order valence-electron chi connectivity index (χ2n) is 4.73. The maximum atomic E-state index is 12.5. The second-order valence-corrected chi connectivity index (χ2v) is 5.09. The van der Waals surface area contributed by atoms with Crippen LogP contribution in [0.2, 0.25) is 5.15 Å². The van der Waals surface area contributed by atoms with E-state index in [1.165, 1.54) is 9.58 Å². The van der Waals surface area contributed by atoms with Crippen LogP contribution in [0.25, 0.3) is 0 Å². The normalized spacial score (nSPS) is 16.6. The van der Waals surface area contributed by atoms with E-state index >= 15 is 0 Å². The number of halogens is 4. The molecule has 1 aliphatic rings. The molecule has 1 heterocycles. The predicted octanol–water partition coefficient (Wildman–Crippen LogP) is 2.91. The SMILES string of the molecule is Cc1nn(C)c(Cl)c1CN(CC(F)(F)F)C1CC1. The maximum absolute atomic E-state index is 12.5. The quantitative estimate of drug-likeness (QED) is 0.846. The van der Waals surface area contributed by atoms with Crippen molar-refractivity contribution in [2.24, 2.45) is 7.05 Å². The third-order valence-corrected chi connectivity index (χ3v) is 3.55. The number of aromatic nitrogens is 2. The fourth-order valence-electron chi connectivity index (χ4n) is 2.04. The summed E-state index contributed by atoms with van der Waals surface area (Å²) in [4.78, 5) is 1.44. The van der Waals surface area contributed by atoms with E-state index in [4.69, 9.17) is 11.6 Å². The van der Waals surface area contributed by atoms with Crippen molar-refractivity contribution in [3.8, 4) is 0 Å². The molecule has 1 saturated carbocycles. The number of hydrogen-bond donors (Lipinski definition) is 0. The molecule has 0 bridgehead atoms. The monoisotopic (exact) mass is 281 g/mol. The van der Waals surface area contributed by atoms with Crippen LogP contribution >= 0.6 is 11.6 Å². The number of hydrogen-bond acceptors (Lipinski definition) is 2. The lowest BCUT2D eigenvalue weighted by molar-refractivity contribution is -0.148. The van der Waals surface area contributed by atoms with Crippen LogP contribution in [-0.2, 0) is 13.6 Å². The Morgan fingerprint density at radius 2 is 2.06 bits per heavy atom. The van der Waals surface area contributed by atoms with Crippen molar-refractivity contribution in [1.29, 1.82) is 0 Å². The molecule has 0 saturated heterocycles. The minimum absolute atomic E-state index is 0.0299. The first-order chi connectivity index (χ1) is 8.28. The Labute approximate surface area is 109 Å². The number of rotatable bonds is 4. The Hall–Kier alpha value is -0.750. The Morgan fingerprint density at radius 3 is 2.44 bits per heavy atom. The summed E-state index contributed by atoms with van der Waals surface area (Å²) in [5.41, 5.74) is 1.38. The van der Waals surface area contributed by atoms with E-state index in [0.29, 0.717) is 16.4 Å². The lowest BCUT2D eigenvalue weighted by Gasteiger charge is -2.23. The highest BCUT2D eigenvalue weighted by Crippen LogP contribution is 2.33. The van der Waals surface area contributed by atoms with Gasteiger partial charge in [-0.25, -0.2) is 0 Å². The van der Waals surface area contributed by atoms with Crippen LogP contribution in [0.15, 0.2) is 0 Å². The summed E-state index contributed by atoms with van der Waals surface area (Å²) in [6, 6.07) is 0.0299. The first-order valence-electron chi connectivity index (χ1n) is 5.76. The van der Waals surface area contributed by atoms with Gasteiger partial charge in [0.25, 0.3) is 0 Å². The molecule has 0 amide bonds. The van der Waals surface area contributed by atoms with Gasteiger partial charge in [0.15, 0.2) is 0 Å². The summed E-state index contributed by atoms with van der Waals surface area (Å²) in [5, 5.41) is 4.53. The van der Waals surface area contributed by atoms with Crippen molar-refractivity contribution in [1.82, 2.24) is 14.7 Å². The van der Waals surface area contributed by atoms with Gasteiger partial charge >= 0.3 is 6.18 Å². The van der Waals surface area contributed by atoms with Crippen LogP contribution in [0.4, 0.5) is 13.2 Å². The second kappa shape index (κ2) is 4.74. The Kier molecular flexibility index (Phi) is 3.60. The smallest absolute Gasteiger partial charge is 0.288 e. The van der Waals surface area contributed by atoms with Gasteiger partial charge in [-0.3, -0.25) is 9.58 Å². The highest BCUT2D eigenvalue weighted by atomic mass is 35.5. The Bertz CT molecular complexity index is 437. The van der Waals surface area contributed by atoms with Gasteiger partial charge in [-0.05, 0) is 19.8 Å². The van der Waals surface area contributed by atoms with Crippen molar-refractivity contribution in [2.45, 2.75) is 38.5 Å². The van der Waals surface area contributed by atoms with Crippen molar-refractivity contribution in [3.05, 3.63) is 16.4 Å². The minimum atomic E-state index is -4.18. The van der Waals surface area contributed by atoms with Crippen molar-refractivity contribution in [3.63, 3.8) is 0 Å². The third kappa shape index (κ3) is 3.17. The molecule has 1 aromatic rings. The standard InChI is InChI=1S/C11H15ClF3N3/c1-7-9(10(12)17(2)16-7)5-18(8-3-4-8)6-11(13,14)15/h8H,3-6H2,1-2H3. The zero-order valence-electron chi connectivity index (χ0n) is 10.3. The molecule has 0 radical (unpaired) electrons. The molecule has 1 fully saturated rings. The molecule has 0 N–H and O–H groups in total. The molecule has 0 atom stereocenters. The van der Waals surface area contributed by atoms with Gasteiger partial charge in [0, 0.05) is 25.2 Å². The molecule has 0 aliphatic heterocycles. The van der Waals surface area contributed by atoms with Crippen LogP contribution in [0, 0.1) is 6.92 Å². The van der Waals surface area contributed by atoms with Crippen molar-refractivity contribution < 1.29 is 13.2 Å². The maximum Gasteiger partial charge on any atom is 0.401 e. The zero-order chi connectivity index (χ0) is 13.5. The molecule has 0 unspecified atom stereocenters. The average Bonchev–Trinajstić information content (AvgIpc) is 3.01. The number of nitrogens with zero attached hydrogens (tertiary/aromatic N) is 3. The van der Waals surface area contributed by atoms with Gasteiger partial charge in [-0.15, -0.1) is 0 Å². The fraction of sp³-hybridized carbons (Fsp3) is 0.727. The first kappa shape index (κ1) is 13.7. The van der Waals surface area contributed by atoms with E-state index in [1.54, 1.807) is 14.0 Å². The van der Waals surface area contributed by atoms with E-state index in [1.807, 2.05) is 0 Å². The van der Waals surface area contributed by atoms with Crippen LogP contribution in [-0.4, -0.2) is 33.4 Å². The fourth-order valence-corrected chi connectivity index (χ4v) is 2.27. The van der Waals surface area contributed by atoms with Crippen LogP contribution in [0.3, 0.4) is 0 Å². The minimum Gasteiger partial charge on any atom is -0.288 e. The average molecular weight is 282 g/mol. The zero-order valence-corrected chi connectivity index (χ0v) is 11.0. The van der Waals surface area contributed by atoms with E-state index in [0.717, 1.165) is 12.8 Å². The first-order valence-corrected chi connectivity index (χ1v) is 6.14. The molecule has 2 rings (SSSR count). The molecule has 3 nitrogen and oxygen atoms in total.